The lowest BCUT2D eigenvalue weighted by molar-refractivity contribution is -0.122. The van der Waals surface area contributed by atoms with Crippen molar-refractivity contribution in [2.75, 3.05) is 0 Å². The maximum Gasteiger partial charge on any atom is 0.233 e. The summed E-state index contributed by atoms with van der Waals surface area (Å²) >= 11 is 1.61. The molecule has 0 aromatic heterocycles. The Kier molecular flexibility index (Phi) is 5.92. The first kappa shape index (κ1) is 18.1. The fraction of sp³-hybridized carbons (Fsp3) is 0.611. The molecule has 0 aliphatic rings. The lowest BCUT2D eigenvalue weighted by Gasteiger charge is -2.34. The number of carbonyl (C=O) groups excluding carboxylic acids is 1. The third-order valence-corrected chi connectivity index (χ3v) is 4.25. The fourth-order valence-electron chi connectivity index (χ4n) is 2.68. The molecule has 1 N–H and O–H groups in total. The first-order valence-corrected chi connectivity index (χ1v) is 8.42. The van der Waals surface area contributed by atoms with E-state index in [1.165, 1.54) is 5.56 Å². The number of thioether (sulfide) groups is 1. The van der Waals surface area contributed by atoms with Crippen molar-refractivity contribution < 1.29 is 4.79 Å². The van der Waals surface area contributed by atoms with Gasteiger partial charge in [-0.25, -0.2) is 0 Å². The van der Waals surface area contributed by atoms with E-state index < -0.39 is 0 Å². The zero-order valence-corrected chi connectivity index (χ0v) is 15.2. The molecule has 0 saturated heterocycles. The van der Waals surface area contributed by atoms with E-state index in [4.69, 9.17) is 0 Å². The van der Waals surface area contributed by atoms with Crippen molar-refractivity contribution in [1.82, 2.24) is 5.32 Å². The van der Waals surface area contributed by atoms with Gasteiger partial charge in [0.1, 0.15) is 0 Å². The summed E-state index contributed by atoms with van der Waals surface area (Å²) in [6.07, 6.45) is 0.952. The zero-order chi connectivity index (χ0) is 16.3. The Morgan fingerprint density at radius 3 is 2.14 bits per heavy atom. The van der Waals surface area contributed by atoms with Gasteiger partial charge in [-0.1, -0.05) is 38.5 Å². The van der Waals surface area contributed by atoms with E-state index in [9.17, 15) is 4.79 Å². The van der Waals surface area contributed by atoms with Crippen molar-refractivity contribution in [3.8, 4) is 0 Å². The van der Waals surface area contributed by atoms with Gasteiger partial charge in [0.2, 0.25) is 5.91 Å². The molecule has 0 spiro atoms. The van der Waals surface area contributed by atoms with Crippen LogP contribution in [0, 0.1) is 12.3 Å². The van der Waals surface area contributed by atoms with Gasteiger partial charge in [-0.05, 0) is 51.7 Å². The normalized spacial score (nSPS) is 13.9. The van der Waals surface area contributed by atoms with Crippen LogP contribution < -0.4 is 5.32 Å². The Balaban J connectivity index is 2.60. The predicted octanol–water partition coefficient (Wildman–Crippen LogP) is 4.81. The van der Waals surface area contributed by atoms with Crippen molar-refractivity contribution >= 4 is 17.7 Å². The molecule has 0 fully saturated rings. The molecule has 0 bridgehead atoms. The van der Waals surface area contributed by atoms with Crippen molar-refractivity contribution in [2.45, 2.75) is 70.6 Å². The van der Waals surface area contributed by atoms with Gasteiger partial charge in [0.25, 0.3) is 0 Å². The molecule has 0 aliphatic carbocycles. The smallest absolute Gasteiger partial charge is 0.233 e. The number of hydrogen-bond acceptors (Lipinski definition) is 2. The van der Waals surface area contributed by atoms with Crippen molar-refractivity contribution in [2.24, 2.45) is 5.41 Å². The molecule has 21 heavy (non-hydrogen) atoms. The van der Waals surface area contributed by atoms with Crippen molar-refractivity contribution in [3.05, 3.63) is 29.8 Å². The topological polar surface area (TPSA) is 29.1 Å². The molecule has 0 saturated carbocycles. The van der Waals surface area contributed by atoms with Gasteiger partial charge >= 0.3 is 0 Å². The number of nitrogens with one attached hydrogen (secondary N) is 1. The van der Waals surface area contributed by atoms with E-state index in [0.29, 0.717) is 0 Å². The molecule has 3 heteroatoms. The van der Waals surface area contributed by atoms with E-state index >= 15 is 0 Å². The lowest BCUT2D eigenvalue weighted by Crippen LogP contribution is -2.48. The molecule has 0 radical (unpaired) electrons. The highest BCUT2D eigenvalue weighted by Crippen LogP contribution is 2.28. The minimum absolute atomic E-state index is 0.0908. The first-order valence-electron chi connectivity index (χ1n) is 7.54. The van der Waals surface area contributed by atoms with Gasteiger partial charge in [0.05, 0.1) is 5.25 Å². The van der Waals surface area contributed by atoms with Gasteiger partial charge in [-0.15, -0.1) is 11.8 Å². The molecular weight excluding hydrogens is 278 g/mol. The Morgan fingerprint density at radius 2 is 1.67 bits per heavy atom. The molecule has 118 valence electrons. The SMILES string of the molecule is Cc1ccc(S[C@H](C)C(=O)NC(C)(C)CC(C)(C)C)cc1. The number of amides is 1. The van der Waals surface area contributed by atoms with Crippen LogP contribution in [0.5, 0.6) is 0 Å². The van der Waals surface area contributed by atoms with Gasteiger partial charge in [0, 0.05) is 10.4 Å². The van der Waals surface area contributed by atoms with Gasteiger partial charge in [-0.3, -0.25) is 4.79 Å². The Morgan fingerprint density at radius 1 is 1.14 bits per heavy atom. The number of hydrogen-bond donors (Lipinski definition) is 1. The molecule has 1 aromatic rings. The van der Waals surface area contributed by atoms with Crippen LogP contribution in [0.3, 0.4) is 0 Å². The minimum atomic E-state index is -0.183. The van der Waals surface area contributed by atoms with E-state index in [2.05, 4.69) is 71.1 Å². The van der Waals surface area contributed by atoms with E-state index in [1.54, 1.807) is 11.8 Å². The van der Waals surface area contributed by atoms with Crippen LogP contribution in [-0.2, 0) is 4.79 Å². The summed E-state index contributed by atoms with van der Waals surface area (Å²) in [5, 5.41) is 3.09. The van der Waals surface area contributed by atoms with E-state index in [1.807, 2.05) is 6.92 Å². The summed E-state index contributed by atoms with van der Waals surface area (Å²) in [5.74, 6) is 0.106. The Labute approximate surface area is 134 Å². The first-order chi connectivity index (χ1) is 9.48. The second-order valence-corrected chi connectivity index (χ2v) is 9.10. The number of carbonyl (C=O) groups is 1. The van der Waals surface area contributed by atoms with Crippen molar-refractivity contribution in [3.63, 3.8) is 0 Å². The summed E-state index contributed by atoms with van der Waals surface area (Å²) in [7, 11) is 0. The summed E-state index contributed by atoms with van der Waals surface area (Å²) in [6, 6.07) is 8.31. The van der Waals surface area contributed by atoms with Crippen LogP contribution in [0.25, 0.3) is 0 Å². The third kappa shape index (κ3) is 7.03. The average Bonchev–Trinajstić information content (AvgIpc) is 2.28. The van der Waals surface area contributed by atoms with Crippen molar-refractivity contribution in [1.29, 1.82) is 0 Å². The highest BCUT2D eigenvalue weighted by atomic mass is 32.2. The average molecular weight is 308 g/mol. The lowest BCUT2D eigenvalue weighted by atomic mass is 9.82. The summed E-state index contributed by atoms with van der Waals surface area (Å²) in [4.78, 5) is 13.5. The number of rotatable bonds is 5. The summed E-state index contributed by atoms with van der Waals surface area (Å²) < 4.78 is 0. The van der Waals surface area contributed by atoms with E-state index in [0.717, 1.165) is 11.3 Å². The quantitative estimate of drug-likeness (QED) is 0.791. The molecule has 0 unspecified atom stereocenters. The molecule has 0 heterocycles. The van der Waals surface area contributed by atoms with Gasteiger partial charge < -0.3 is 5.32 Å². The molecule has 1 aromatic carbocycles. The molecule has 1 atom stereocenters. The zero-order valence-electron chi connectivity index (χ0n) is 14.4. The standard InChI is InChI=1S/C18H29NOS/c1-13-8-10-15(11-9-13)21-14(2)16(20)19-18(6,7)12-17(3,4)5/h8-11,14H,12H2,1-7H3,(H,19,20)/t14-/m1/s1. The number of benzene rings is 1. The molecular formula is C18H29NOS. The van der Waals surface area contributed by atoms with Crippen LogP contribution in [-0.4, -0.2) is 16.7 Å². The highest BCUT2D eigenvalue weighted by Gasteiger charge is 2.28. The third-order valence-electron chi connectivity index (χ3n) is 3.14. The van der Waals surface area contributed by atoms with Crippen LogP contribution in [0.2, 0.25) is 0 Å². The maximum atomic E-state index is 12.4. The maximum absolute atomic E-state index is 12.4. The number of aryl methyl sites for hydroxylation is 1. The summed E-state index contributed by atoms with van der Waals surface area (Å²) in [5.41, 5.74) is 1.25. The fourth-order valence-corrected chi connectivity index (χ4v) is 3.55. The highest BCUT2D eigenvalue weighted by molar-refractivity contribution is 8.00. The Hall–Kier alpha value is -0.960. The molecule has 0 aliphatic heterocycles. The molecule has 1 rings (SSSR count). The van der Waals surface area contributed by atoms with Crippen LogP contribution in [0.1, 0.15) is 53.5 Å². The van der Waals surface area contributed by atoms with Crippen LogP contribution >= 0.6 is 11.8 Å². The van der Waals surface area contributed by atoms with Crippen LogP contribution in [0.4, 0.5) is 0 Å². The Bertz CT molecular complexity index is 471. The van der Waals surface area contributed by atoms with Gasteiger partial charge in [0.15, 0.2) is 0 Å². The molecule has 1 amide bonds. The largest absolute Gasteiger partial charge is 0.350 e. The van der Waals surface area contributed by atoms with E-state index in [-0.39, 0.29) is 22.1 Å². The monoisotopic (exact) mass is 307 g/mol. The minimum Gasteiger partial charge on any atom is -0.350 e. The summed E-state index contributed by atoms with van der Waals surface area (Å²) in [6.45, 7) is 14.8. The molecule has 2 nitrogen and oxygen atoms in total. The second kappa shape index (κ2) is 6.87. The van der Waals surface area contributed by atoms with Gasteiger partial charge in [-0.2, -0.15) is 0 Å². The predicted molar refractivity (Wildman–Crippen MR) is 92.8 cm³/mol. The van der Waals surface area contributed by atoms with Crippen LogP contribution in [0.15, 0.2) is 29.2 Å². The second-order valence-electron chi connectivity index (χ2n) is 7.68.